The molecule has 6 rings (SSSR count). The summed E-state index contributed by atoms with van der Waals surface area (Å²) in [5.74, 6) is -0.748. The van der Waals surface area contributed by atoms with Gasteiger partial charge in [-0.1, -0.05) is 19.1 Å². The minimum atomic E-state index is -0.563. The van der Waals surface area contributed by atoms with Crippen LogP contribution < -0.4 is 11.1 Å². The van der Waals surface area contributed by atoms with Crippen molar-refractivity contribution in [2.45, 2.75) is 63.7 Å². The first-order valence-electron chi connectivity index (χ1n) is 10.6. The molecule has 1 saturated carbocycles. The zero-order valence-electron chi connectivity index (χ0n) is 16.9. The van der Waals surface area contributed by atoms with Crippen molar-refractivity contribution in [3.63, 3.8) is 0 Å². The second kappa shape index (κ2) is 6.37. The molecule has 1 aromatic carbocycles. The van der Waals surface area contributed by atoms with Crippen LogP contribution in [0.25, 0.3) is 0 Å². The zero-order chi connectivity index (χ0) is 20.4. The normalized spacial score (nSPS) is 33.7. The monoisotopic (exact) mass is 396 g/mol. The van der Waals surface area contributed by atoms with E-state index < -0.39 is 6.04 Å². The lowest BCUT2D eigenvalue weighted by Crippen LogP contribution is -2.54. The van der Waals surface area contributed by atoms with E-state index in [1.54, 1.807) is 4.90 Å². The molecular weight excluding hydrogens is 368 g/mol. The first-order valence-corrected chi connectivity index (χ1v) is 10.6. The molecule has 3 amide bonds. The van der Waals surface area contributed by atoms with Crippen LogP contribution in [0.2, 0.25) is 0 Å². The number of nitrogens with two attached hydrogens (primary N) is 1. The molecule has 154 valence electrons. The van der Waals surface area contributed by atoms with Gasteiger partial charge >= 0.3 is 0 Å². The molecule has 3 saturated heterocycles. The lowest BCUT2D eigenvalue weighted by atomic mass is 9.61. The van der Waals surface area contributed by atoms with Crippen LogP contribution in [0.5, 0.6) is 0 Å². The highest BCUT2D eigenvalue weighted by Crippen LogP contribution is 2.60. The number of nitrogens with zero attached hydrogens (tertiary/aromatic N) is 2. The fourth-order valence-electron chi connectivity index (χ4n) is 6.06. The number of hydrogen-bond donors (Lipinski definition) is 2. The van der Waals surface area contributed by atoms with Crippen LogP contribution in [0, 0.1) is 5.41 Å². The average molecular weight is 396 g/mol. The van der Waals surface area contributed by atoms with E-state index in [0.29, 0.717) is 30.5 Å². The first kappa shape index (κ1) is 18.8. The van der Waals surface area contributed by atoms with Gasteiger partial charge < -0.3 is 10.6 Å². The van der Waals surface area contributed by atoms with Crippen molar-refractivity contribution < 1.29 is 14.4 Å². The Morgan fingerprint density at radius 2 is 2.03 bits per heavy atom. The van der Waals surface area contributed by atoms with Crippen molar-refractivity contribution in [3.8, 4) is 0 Å². The number of hydrogen-bond acceptors (Lipinski definition) is 5. The summed E-state index contributed by atoms with van der Waals surface area (Å²) in [6.07, 6.45) is 4.25. The van der Waals surface area contributed by atoms with Gasteiger partial charge in [0.25, 0.3) is 5.91 Å². The summed E-state index contributed by atoms with van der Waals surface area (Å²) < 4.78 is 0. The average Bonchev–Trinajstić information content (AvgIpc) is 3.27. The molecule has 7 heteroatoms. The van der Waals surface area contributed by atoms with Crippen LogP contribution >= 0.6 is 0 Å². The quantitative estimate of drug-likeness (QED) is 0.728. The van der Waals surface area contributed by atoms with Crippen LogP contribution in [-0.4, -0.2) is 52.2 Å². The first-order chi connectivity index (χ1) is 13.9. The van der Waals surface area contributed by atoms with Gasteiger partial charge in [-0.2, -0.15) is 0 Å². The van der Waals surface area contributed by atoms with E-state index >= 15 is 0 Å². The smallest absolute Gasteiger partial charge is 0.255 e. The van der Waals surface area contributed by atoms with Crippen molar-refractivity contribution in [2.24, 2.45) is 11.1 Å². The minimum Gasteiger partial charge on any atom is -0.329 e. The van der Waals surface area contributed by atoms with Gasteiger partial charge in [0.2, 0.25) is 11.8 Å². The third-order valence-corrected chi connectivity index (χ3v) is 7.70. The molecule has 1 atom stereocenters. The highest BCUT2D eigenvalue weighted by Gasteiger charge is 2.63. The highest BCUT2D eigenvalue weighted by atomic mass is 16.2. The second-order valence-corrected chi connectivity index (χ2v) is 9.38. The van der Waals surface area contributed by atoms with Crippen LogP contribution in [-0.2, 0) is 22.7 Å². The minimum absolute atomic E-state index is 0.118. The molecule has 4 aliphatic heterocycles. The fraction of sp³-hybridized carbons (Fsp3) is 0.591. The number of imide groups is 1. The van der Waals surface area contributed by atoms with Gasteiger partial charge in [0.15, 0.2) is 0 Å². The largest absolute Gasteiger partial charge is 0.329 e. The summed E-state index contributed by atoms with van der Waals surface area (Å²) in [4.78, 5) is 40.6. The molecule has 5 aliphatic rings. The van der Waals surface area contributed by atoms with Crippen molar-refractivity contribution >= 4 is 17.7 Å². The van der Waals surface area contributed by atoms with Crippen LogP contribution in [0.15, 0.2) is 18.2 Å². The lowest BCUT2D eigenvalue weighted by molar-refractivity contribution is -0.136. The number of benzene rings is 1. The summed E-state index contributed by atoms with van der Waals surface area (Å²) in [6.45, 7) is 5.34. The Kier molecular flexibility index (Phi) is 4.12. The zero-order valence-corrected chi connectivity index (χ0v) is 16.9. The van der Waals surface area contributed by atoms with Gasteiger partial charge in [-0.05, 0) is 48.3 Å². The third-order valence-electron chi connectivity index (χ3n) is 7.70. The Morgan fingerprint density at radius 3 is 2.72 bits per heavy atom. The number of carbonyl (C=O) groups excluding carboxylic acids is 3. The van der Waals surface area contributed by atoms with Gasteiger partial charge in [-0.15, -0.1) is 0 Å². The molecule has 1 aromatic rings. The Labute approximate surface area is 170 Å². The predicted octanol–water partition coefficient (Wildman–Crippen LogP) is 1.15. The molecule has 1 aliphatic carbocycles. The highest BCUT2D eigenvalue weighted by molar-refractivity contribution is 6.05. The van der Waals surface area contributed by atoms with Crippen molar-refractivity contribution in [1.82, 2.24) is 15.1 Å². The third kappa shape index (κ3) is 2.74. The second-order valence-electron chi connectivity index (χ2n) is 9.38. The number of amides is 3. The number of fused-ring (bicyclic) bond motifs is 2. The molecule has 3 N–H and O–H groups in total. The molecule has 1 unspecified atom stereocenters. The van der Waals surface area contributed by atoms with E-state index in [0.717, 1.165) is 18.7 Å². The lowest BCUT2D eigenvalue weighted by Gasteiger charge is -2.47. The Balaban J connectivity index is 1.33. The summed E-state index contributed by atoms with van der Waals surface area (Å²) in [5, 5.41) is 2.35. The molecule has 0 aromatic heterocycles. The van der Waals surface area contributed by atoms with Crippen molar-refractivity contribution in [2.75, 3.05) is 13.1 Å². The Morgan fingerprint density at radius 1 is 1.24 bits per heavy atom. The summed E-state index contributed by atoms with van der Waals surface area (Å²) >= 11 is 0. The SMILES string of the molecule is CCC12CN(Cc3ccc4c(c3)CN(C3CCC(=O)NC3=O)C4=O)C(CN)(C1)C2. The molecule has 0 radical (unpaired) electrons. The number of piperidine rings is 1. The maximum absolute atomic E-state index is 12.9. The molecule has 4 fully saturated rings. The van der Waals surface area contributed by atoms with Crippen LogP contribution in [0.4, 0.5) is 0 Å². The van der Waals surface area contributed by atoms with E-state index in [9.17, 15) is 14.4 Å². The standard InChI is InChI=1S/C22H28N4O3/c1-2-21-10-22(11-21,12-23)25(13-21)8-14-3-4-16-15(7-14)9-26(20(16)29)17-5-6-18(27)24-19(17)28/h3-4,7,17H,2,5-6,8-13,23H2,1H3,(H,24,27,28). The Bertz CT molecular complexity index is 905. The molecule has 4 heterocycles. The predicted molar refractivity (Wildman–Crippen MR) is 107 cm³/mol. The summed E-state index contributed by atoms with van der Waals surface area (Å²) in [5.41, 5.74) is 9.55. The number of carbonyl (C=O) groups is 3. The number of nitrogens with one attached hydrogen (secondary N) is 1. The fourth-order valence-corrected chi connectivity index (χ4v) is 6.06. The summed E-state index contributed by atoms with van der Waals surface area (Å²) in [7, 11) is 0. The number of rotatable bonds is 5. The van der Waals surface area contributed by atoms with Gasteiger partial charge in [0.1, 0.15) is 6.04 Å². The topological polar surface area (TPSA) is 95.7 Å². The maximum Gasteiger partial charge on any atom is 0.255 e. The van der Waals surface area contributed by atoms with E-state index in [2.05, 4.69) is 23.2 Å². The van der Waals surface area contributed by atoms with E-state index in [1.807, 2.05) is 12.1 Å². The van der Waals surface area contributed by atoms with Gasteiger partial charge in [0.05, 0.1) is 0 Å². The van der Waals surface area contributed by atoms with E-state index in [4.69, 9.17) is 5.73 Å². The maximum atomic E-state index is 12.9. The van der Waals surface area contributed by atoms with Gasteiger partial charge in [0, 0.05) is 43.7 Å². The Hall–Kier alpha value is -2.25. The summed E-state index contributed by atoms with van der Waals surface area (Å²) in [6, 6.07) is 5.47. The van der Waals surface area contributed by atoms with Gasteiger partial charge in [-0.25, -0.2) is 0 Å². The van der Waals surface area contributed by atoms with Crippen LogP contribution in [0.1, 0.15) is 60.5 Å². The van der Waals surface area contributed by atoms with E-state index in [-0.39, 0.29) is 29.7 Å². The van der Waals surface area contributed by atoms with Crippen molar-refractivity contribution in [3.05, 3.63) is 34.9 Å². The van der Waals surface area contributed by atoms with Gasteiger partial charge in [-0.3, -0.25) is 24.6 Å². The van der Waals surface area contributed by atoms with Crippen molar-refractivity contribution in [1.29, 1.82) is 0 Å². The van der Waals surface area contributed by atoms with E-state index in [1.165, 1.54) is 24.8 Å². The molecular formula is C22H28N4O3. The molecule has 0 spiro atoms. The molecule has 29 heavy (non-hydrogen) atoms. The molecule has 2 bridgehead atoms. The molecule has 7 nitrogen and oxygen atoms in total. The van der Waals surface area contributed by atoms with Crippen LogP contribution in [0.3, 0.4) is 0 Å².